The van der Waals surface area contributed by atoms with Crippen LogP contribution in [0.1, 0.15) is 260 Å². The van der Waals surface area contributed by atoms with Gasteiger partial charge < -0.3 is 15.3 Å². The summed E-state index contributed by atoms with van der Waals surface area (Å²) in [5, 5.41) is 73.1. The van der Waals surface area contributed by atoms with E-state index in [0.717, 1.165) is 125 Å². The highest BCUT2D eigenvalue weighted by atomic mass is 79.9. The number of ketones is 3. The molecular weight excluding hydrogens is 1250 g/mol. The van der Waals surface area contributed by atoms with E-state index in [2.05, 4.69) is 77.9 Å². The van der Waals surface area contributed by atoms with E-state index in [9.17, 15) is 29.7 Å². The number of aromatic amines is 1. The number of carbonyl (C=O) groups excluding carboxylic acids is 3. The maximum Gasteiger partial charge on any atom is 0.162 e. The Labute approximate surface area is 577 Å². The molecule has 0 unspecified atom stereocenters. The van der Waals surface area contributed by atoms with Gasteiger partial charge >= 0.3 is 0 Å². The van der Waals surface area contributed by atoms with Crippen molar-refractivity contribution < 1.29 is 29.7 Å². The van der Waals surface area contributed by atoms with Gasteiger partial charge in [-0.3, -0.25) is 28.8 Å². The molecule has 3 heterocycles. The third-order valence-electron chi connectivity index (χ3n) is 30.9. The first kappa shape index (κ1) is 71.7. The number of hydrogen-bond donors (Lipinski definition) is 4. The number of aliphatic hydroxyl groups is 3. The molecule has 4 N–H and O–H groups in total. The van der Waals surface area contributed by atoms with E-state index in [1.165, 1.54) is 89.9 Å². The molecule has 3 aromatic rings. The standard InChI is InChI=1S/2C26H37N3O2.C22H35BrO2.C4H3N3.CH4/c2*1-24(31)11-12-25(2)17(14-24)4-5-19-20-6-7-22(26(20,3)10-8-21(19)25)23(30)16-29-13-9-18(15-27)28-29;1-20(25)10-11-21(2)14(12-20)4-5-15-16-6-7-18(19(24)13-23)22(16,3)9-8-17(15)21;5-3-4-1-2-6-7-4;/h2*9,13,17,19-22,31H,4-8,10-12,14,16H2,1-3H3;14-18,25H,4-13H2,1-3H3;1-2H,(H,6,7);1H4/t17-,19+,20+,21+,22+,24-,25+,26+;17-,19+,20+,21+,22-,24-,25+,26+;14-,15+,16+,17+,18-,20-,21+,22+;;/m111../s1. The minimum atomic E-state index is -0.483. The monoisotopic (exact) mass is 1370 g/mol. The maximum absolute atomic E-state index is 13.3. The number of alkyl halides is 1. The largest absolute Gasteiger partial charge is 0.390 e. The average Bonchev–Trinajstić information content (AvgIpc) is 1.71. The number of Topliss-reactive ketones (excluding diaryl/α,β-unsaturated/α-hetero) is 3. The summed E-state index contributed by atoms with van der Waals surface area (Å²) in [6, 6.07) is 11.0. The minimum absolute atomic E-state index is 0. The number of nitrogens with one attached hydrogen (secondary N) is 1. The van der Waals surface area contributed by atoms with Crippen LogP contribution in [0.5, 0.6) is 0 Å². The molecule has 0 spiro atoms. The second-order valence-electron chi connectivity index (χ2n) is 35.7. The summed E-state index contributed by atoms with van der Waals surface area (Å²) in [7, 11) is 0. The molecular formula is C79H116BrN9O6. The zero-order chi connectivity index (χ0) is 67.2. The Kier molecular flexibility index (Phi) is 20.3. The lowest BCUT2D eigenvalue weighted by Crippen LogP contribution is -2.55. The Morgan fingerprint density at radius 1 is 0.463 bits per heavy atom. The number of fused-ring (bicyclic) bond motifs is 15. The van der Waals surface area contributed by atoms with Crippen molar-refractivity contribution in [2.24, 2.45) is 121 Å². The van der Waals surface area contributed by atoms with Gasteiger partial charge in [-0.1, -0.05) is 64.9 Å². The van der Waals surface area contributed by atoms with Crippen molar-refractivity contribution in [3.05, 3.63) is 53.9 Å². The van der Waals surface area contributed by atoms with Gasteiger partial charge in [0.05, 0.1) is 41.4 Å². The first-order valence-electron chi connectivity index (χ1n) is 37.0. The molecule has 12 fully saturated rings. The van der Waals surface area contributed by atoms with Crippen LogP contribution in [-0.2, 0) is 27.5 Å². The van der Waals surface area contributed by atoms with Gasteiger partial charge in [0, 0.05) is 30.1 Å². The van der Waals surface area contributed by atoms with Gasteiger partial charge in [-0.05, 0) is 316 Å². The molecule has 0 bridgehead atoms. The molecule has 16 heteroatoms. The number of hydrogen-bond acceptors (Lipinski definition) is 12. The molecule has 0 aliphatic heterocycles. The van der Waals surface area contributed by atoms with Gasteiger partial charge in [0.15, 0.2) is 23.0 Å². The summed E-state index contributed by atoms with van der Waals surface area (Å²) in [6.07, 6.45) is 36.0. The normalized spacial score (nSPS) is 45.4. The Morgan fingerprint density at radius 3 is 1.08 bits per heavy atom. The number of carbonyl (C=O) groups is 3. The second-order valence-corrected chi connectivity index (χ2v) is 36.3. The fourth-order valence-corrected chi connectivity index (χ4v) is 26.2. The molecule has 0 amide bonds. The van der Waals surface area contributed by atoms with Crippen molar-refractivity contribution in [2.75, 3.05) is 5.33 Å². The number of H-pyrrole nitrogens is 1. The van der Waals surface area contributed by atoms with Crippen LogP contribution in [0.4, 0.5) is 0 Å². The first-order chi connectivity index (χ1) is 44.5. The van der Waals surface area contributed by atoms with Crippen molar-refractivity contribution in [1.29, 1.82) is 15.8 Å². The van der Waals surface area contributed by atoms with Crippen molar-refractivity contribution >= 4 is 33.3 Å². The fraction of sp³-hybridized carbons (Fsp3) is 0.810. The summed E-state index contributed by atoms with van der Waals surface area (Å²) < 4.78 is 3.28. The summed E-state index contributed by atoms with van der Waals surface area (Å²) in [5.74, 6) is 10.2. The molecule has 24 atom stereocenters. The molecule has 12 aliphatic rings. The Balaban J connectivity index is 0.000000138. The zero-order valence-electron chi connectivity index (χ0n) is 58.4. The molecule has 12 aliphatic carbocycles. The highest BCUT2D eigenvalue weighted by molar-refractivity contribution is 9.09. The molecule has 0 saturated heterocycles. The van der Waals surface area contributed by atoms with Crippen LogP contribution in [0.25, 0.3) is 0 Å². The van der Waals surface area contributed by atoms with Crippen molar-refractivity contribution in [3.8, 4) is 18.2 Å². The van der Waals surface area contributed by atoms with Gasteiger partial charge in [-0.2, -0.15) is 31.1 Å². The highest BCUT2D eigenvalue weighted by Gasteiger charge is 2.65. The number of halogens is 1. The van der Waals surface area contributed by atoms with E-state index in [1.807, 2.05) is 39.0 Å². The topological polar surface area (TPSA) is 248 Å². The summed E-state index contributed by atoms with van der Waals surface area (Å²) >= 11 is 3.43. The molecule has 95 heavy (non-hydrogen) atoms. The number of aromatic nitrogens is 6. The van der Waals surface area contributed by atoms with E-state index in [-0.39, 0.29) is 54.5 Å². The number of nitrogens with zero attached hydrogens (tertiary/aromatic N) is 8. The number of nitriles is 3. The SMILES string of the molecule is C.C[C@@]1(O)CC[C@@]2(C)[C@H](CC[C@@H]3[C@@H]2CC[C@]2(C)[C@@H](C(=O)CBr)CC[C@@H]32)C1.C[C@@]1(O)CC[C@@]2(C)[C@H](CC[C@@H]3[C@@H]2CC[C@]2(C)[C@@H](C(=O)Cn4ccc(C#N)n4)CC[C@@H]32)C1.C[C@@]1(O)CC[C@@]2(C)[C@H](CC[C@@H]3[C@@H]2CC[C@]2(C)[C@H](C(=O)Cn4ccc(C#N)n4)CC[C@@H]32)C1.N#Cc1ccn[nH]1. The quantitative estimate of drug-likeness (QED) is 0.154. The minimum Gasteiger partial charge on any atom is -0.390 e. The smallest absolute Gasteiger partial charge is 0.162 e. The number of rotatable bonds is 8. The molecule has 520 valence electrons. The Bertz CT molecular complexity index is 3240. The van der Waals surface area contributed by atoms with Crippen LogP contribution >= 0.6 is 15.9 Å². The molecule has 15 nitrogen and oxygen atoms in total. The van der Waals surface area contributed by atoms with Crippen LogP contribution in [0.2, 0.25) is 0 Å². The van der Waals surface area contributed by atoms with E-state index in [1.54, 1.807) is 46.2 Å². The first-order valence-corrected chi connectivity index (χ1v) is 38.2. The Hall–Kier alpha value is -4.53. The summed E-state index contributed by atoms with van der Waals surface area (Å²) in [4.78, 5) is 39.2. The van der Waals surface area contributed by atoms with Gasteiger partial charge in [0.1, 0.15) is 29.7 Å². The van der Waals surface area contributed by atoms with Crippen molar-refractivity contribution in [2.45, 2.75) is 273 Å². The van der Waals surface area contributed by atoms with Crippen LogP contribution in [0.15, 0.2) is 36.8 Å². The van der Waals surface area contributed by atoms with Gasteiger partial charge in [0.2, 0.25) is 0 Å². The molecule has 0 radical (unpaired) electrons. The zero-order valence-corrected chi connectivity index (χ0v) is 59.9. The Morgan fingerprint density at radius 2 is 0.800 bits per heavy atom. The van der Waals surface area contributed by atoms with Crippen LogP contribution in [0.3, 0.4) is 0 Å². The lowest BCUT2D eigenvalue weighted by molar-refractivity contribution is -0.151. The molecule has 0 aromatic carbocycles. The highest BCUT2D eigenvalue weighted by Crippen LogP contribution is 2.72. The van der Waals surface area contributed by atoms with Gasteiger partial charge in [0.25, 0.3) is 0 Å². The predicted octanol–water partition coefficient (Wildman–Crippen LogP) is 15.7. The van der Waals surface area contributed by atoms with Crippen molar-refractivity contribution in [1.82, 2.24) is 29.8 Å². The van der Waals surface area contributed by atoms with E-state index >= 15 is 0 Å². The maximum atomic E-state index is 13.3. The lowest BCUT2D eigenvalue weighted by atomic mass is 9.44. The van der Waals surface area contributed by atoms with Gasteiger partial charge in [-0.15, -0.1) is 0 Å². The molecule has 3 aromatic heterocycles. The molecule has 15 rings (SSSR count). The molecule has 12 saturated carbocycles. The van der Waals surface area contributed by atoms with Gasteiger partial charge in [-0.25, -0.2) is 0 Å². The lowest BCUT2D eigenvalue weighted by Gasteiger charge is -2.61. The van der Waals surface area contributed by atoms with Crippen LogP contribution in [-0.4, -0.2) is 84.6 Å². The predicted molar refractivity (Wildman–Crippen MR) is 370 cm³/mol. The van der Waals surface area contributed by atoms with E-state index < -0.39 is 16.8 Å². The fourth-order valence-electron chi connectivity index (χ4n) is 25.9. The van der Waals surface area contributed by atoms with E-state index in [4.69, 9.17) is 15.8 Å². The van der Waals surface area contributed by atoms with E-state index in [0.29, 0.717) is 85.6 Å². The summed E-state index contributed by atoms with van der Waals surface area (Å²) in [6.45, 7) is 21.5. The van der Waals surface area contributed by atoms with Crippen LogP contribution in [0, 0.1) is 155 Å². The summed E-state index contributed by atoms with van der Waals surface area (Å²) in [5.41, 5.74) is 1.43. The average molecular weight is 1370 g/mol. The van der Waals surface area contributed by atoms with Crippen LogP contribution < -0.4 is 0 Å². The second kappa shape index (κ2) is 26.9. The van der Waals surface area contributed by atoms with Crippen molar-refractivity contribution in [3.63, 3.8) is 0 Å². The third kappa shape index (κ3) is 13.1. The third-order valence-corrected chi connectivity index (χ3v) is 31.5.